The summed E-state index contributed by atoms with van der Waals surface area (Å²) >= 11 is 6.38. The Bertz CT molecular complexity index is 781. The molecule has 21 heavy (non-hydrogen) atoms. The molecule has 112 valence electrons. The third kappa shape index (κ3) is 3.75. The first kappa shape index (κ1) is 16.3. The first-order valence-corrected chi connectivity index (χ1v) is 8.72. The molecule has 1 N–H and O–H groups in total. The maximum atomic E-state index is 13.2. The van der Waals surface area contributed by atoms with Crippen LogP contribution in [0.15, 0.2) is 50.2 Å². The number of ether oxygens (including phenoxy) is 1. The van der Waals surface area contributed by atoms with Gasteiger partial charge in [-0.2, -0.15) is 0 Å². The maximum Gasteiger partial charge on any atom is 0.265 e. The summed E-state index contributed by atoms with van der Waals surface area (Å²) in [7, 11) is -2.54. The van der Waals surface area contributed by atoms with Gasteiger partial charge in [-0.25, -0.2) is 12.8 Å². The lowest BCUT2D eigenvalue weighted by Gasteiger charge is -2.13. The SMILES string of the molecule is COc1ccc(Br)cc1S(=O)(=O)Nc1cc(F)ccc1Br. The van der Waals surface area contributed by atoms with Crippen LogP contribution in [-0.2, 0) is 10.0 Å². The molecule has 2 aromatic carbocycles. The van der Waals surface area contributed by atoms with Gasteiger partial charge in [0.15, 0.2) is 0 Å². The van der Waals surface area contributed by atoms with Crippen LogP contribution < -0.4 is 9.46 Å². The minimum absolute atomic E-state index is 0.0458. The van der Waals surface area contributed by atoms with Crippen LogP contribution in [0.25, 0.3) is 0 Å². The minimum Gasteiger partial charge on any atom is -0.495 e. The summed E-state index contributed by atoms with van der Waals surface area (Å²) < 4.78 is 46.5. The number of nitrogens with one attached hydrogen (secondary N) is 1. The lowest BCUT2D eigenvalue weighted by atomic mass is 10.3. The quantitative estimate of drug-likeness (QED) is 0.779. The van der Waals surface area contributed by atoms with Crippen molar-refractivity contribution in [3.63, 3.8) is 0 Å². The molecule has 0 aliphatic carbocycles. The standard InChI is InChI=1S/C13H10Br2FNO3S/c1-20-12-5-2-8(14)6-13(12)21(18,19)17-11-7-9(16)3-4-10(11)15/h2-7,17H,1H3. The number of halogens is 3. The highest BCUT2D eigenvalue weighted by atomic mass is 79.9. The molecule has 0 bridgehead atoms. The number of rotatable bonds is 4. The van der Waals surface area contributed by atoms with E-state index >= 15 is 0 Å². The van der Waals surface area contributed by atoms with Crippen LogP contribution in [0.3, 0.4) is 0 Å². The Balaban J connectivity index is 2.48. The Labute approximate surface area is 138 Å². The van der Waals surface area contributed by atoms with E-state index < -0.39 is 15.8 Å². The predicted molar refractivity (Wildman–Crippen MR) is 85.6 cm³/mol. The van der Waals surface area contributed by atoms with Crippen molar-refractivity contribution in [2.45, 2.75) is 4.90 Å². The summed E-state index contributed by atoms with van der Waals surface area (Å²) in [6.45, 7) is 0. The van der Waals surface area contributed by atoms with Crippen molar-refractivity contribution >= 4 is 47.6 Å². The molecule has 0 spiro atoms. The normalized spacial score (nSPS) is 11.2. The second-order valence-electron chi connectivity index (χ2n) is 4.02. The Morgan fingerprint density at radius 2 is 1.86 bits per heavy atom. The van der Waals surface area contributed by atoms with Crippen LogP contribution in [0.2, 0.25) is 0 Å². The molecule has 2 rings (SSSR count). The number of hydrogen-bond acceptors (Lipinski definition) is 3. The summed E-state index contributed by atoms with van der Waals surface area (Å²) in [4.78, 5) is -0.0458. The molecule has 0 fully saturated rings. The van der Waals surface area contributed by atoms with Crippen LogP contribution in [0.1, 0.15) is 0 Å². The van der Waals surface area contributed by atoms with E-state index in [1.54, 1.807) is 6.07 Å². The predicted octanol–water partition coefficient (Wildman–Crippen LogP) is 4.16. The van der Waals surface area contributed by atoms with Gasteiger partial charge in [-0.3, -0.25) is 4.72 Å². The Kier molecular flexibility index (Phi) is 4.90. The summed E-state index contributed by atoms with van der Waals surface area (Å²) in [5, 5.41) is 0. The van der Waals surface area contributed by atoms with Gasteiger partial charge in [0.2, 0.25) is 0 Å². The topological polar surface area (TPSA) is 55.4 Å². The van der Waals surface area contributed by atoms with Crippen molar-refractivity contribution in [2.75, 3.05) is 11.8 Å². The van der Waals surface area contributed by atoms with Gasteiger partial charge in [0, 0.05) is 8.95 Å². The Morgan fingerprint density at radius 3 is 2.52 bits per heavy atom. The second-order valence-corrected chi connectivity index (χ2v) is 7.45. The molecule has 2 aromatic rings. The Hall–Kier alpha value is -1.12. The number of benzene rings is 2. The average Bonchev–Trinajstić information content (AvgIpc) is 2.42. The highest BCUT2D eigenvalue weighted by Gasteiger charge is 2.21. The fourth-order valence-electron chi connectivity index (χ4n) is 1.64. The van der Waals surface area contributed by atoms with Gasteiger partial charge in [0.1, 0.15) is 16.5 Å². The Morgan fingerprint density at radius 1 is 1.14 bits per heavy atom. The van der Waals surface area contributed by atoms with Crippen molar-refractivity contribution in [3.05, 3.63) is 51.2 Å². The lowest BCUT2D eigenvalue weighted by molar-refractivity contribution is 0.403. The molecule has 0 saturated carbocycles. The summed E-state index contributed by atoms with van der Waals surface area (Å²) in [5.41, 5.74) is 0.108. The number of anilines is 1. The third-order valence-electron chi connectivity index (χ3n) is 2.59. The highest BCUT2D eigenvalue weighted by Crippen LogP contribution is 2.31. The van der Waals surface area contributed by atoms with E-state index in [9.17, 15) is 12.8 Å². The van der Waals surface area contributed by atoms with Crippen LogP contribution in [-0.4, -0.2) is 15.5 Å². The molecule has 0 aromatic heterocycles. The number of hydrogen-bond donors (Lipinski definition) is 1. The van der Waals surface area contributed by atoms with Crippen molar-refractivity contribution in [1.29, 1.82) is 0 Å². The average molecular weight is 439 g/mol. The zero-order chi connectivity index (χ0) is 15.6. The van der Waals surface area contributed by atoms with Crippen LogP contribution in [0.4, 0.5) is 10.1 Å². The largest absolute Gasteiger partial charge is 0.495 e. The molecule has 0 amide bonds. The van der Waals surface area contributed by atoms with Gasteiger partial charge >= 0.3 is 0 Å². The van der Waals surface area contributed by atoms with Crippen molar-refractivity contribution in [1.82, 2.24) is 0 Å². The molecule has 0 aliphatic heterocycles. The molecule has 0 radical (unpaired) electrons. The molecule has 0 unspecified atom stereocenters. The molecule has 8 heteroatoms. The fraction of sp³-hybridized carbons (Fsp3) is 0.0769. The fourth-order valence-corrected chi connectivity index (χ4v) is 3.89. The van der Waals surface area contributed by atoms with Crippen molar-refractivity contribution in [3.8, 4) is 5.75 Å². The monoisotopic (exact) mass is 437 g/mol. The smallest absolute Gasteiger partial charge is 0.265 e. The first-order chi connectivity index (χ1) is 9.83. The molecular weight excluding hydrogens is 429 g/mol. The lowest BCUT2D eigenvalue weighted by Crippen LogP contribution is -2.14. The number of methoxy groups -OCH3 is 1. The van der Waals surface area contributed by atoms with E-state index in [1.165, 1.54) is 31.4 Å². The van der Waals surface area contributed by atoms with Gasteiger partial charge in [0.25, 0.3) is 10.0 Å². The van der Waals surface area contributed by atoms with Gasteiger partial charge in [0.05, 0.1) is 12.8 Å². The first-order valence-electron chi connectivity index (χ1n) is 5.65. The van der Waals surface area contributed by atoms with Crippen LogP contribution >= 0.6 is 31.9 Å². The van der Waals surface area contributed by atoms with Crippen molar-refractivity contribution in [2.24, 2.45) is 0 Å². The van der Waals surface area contributed by atoms with Gasteiger partial charge in [-0.1, -0.05) is 15.9 Å². The minimum atomic E-state index is -3.92. The van der Waals surface area contributed by atoms with Crippen LogP contribution in [0.5, 0.6) is 5.75 Å². The summed E-state index contributed by atoms with van der Waals surface area (Å²) in [6.07, 6.45) is 0. The van der Waals surface area contributed by atoms with E-state index in [1.807, 2.05) is 0 Å². The second kappa shape index (κ2) is 6.33. The van der Waals surface area contributed by atoms with Crippen molar-refractivity contribution < 1.29 is 17.5 Å². The molecular formula is C13H10Br2FNO3S. The highest BCUT2D eigenvalue weighted by molar-refractivity contribution is 9.10. The summed E-state index contributed by atoms with van der Waals surface area (Å²) in [5.74, 6) is -0.352. The van der Waals surface area contributed by atoms with Gasteiger partial charge < -0.3 is 4.74 Å². The van der Waals surface area contributed by atoms with Gasteiger partial charge in [-0.15, -0.1) is 0 Å². The zero-order valence-electron chi connectivity index (χ0n) is 10.7. The van der Waals surface area contributed by atoms with E-state index in [4.69, 9.17) is 4.74 Å². The maximum absolute atomic E-state index is 13.2. The van der Waals surface area contributed by atoms with E-state index in [0.717, 1.165) is 6.07 Å². The molecule has 0 saturated heterocycles. The van der Waals surface area contributed by atoms with E-state index in [-0.39, 0.29) is 16.3 Å². The third-order valence-corrected chi connectivity index (χ3v) is 5.16. The summed E-state index contributed by atoms with van der Waals surface area (Å²) in [6, 6.07) is 8.34. The van der Waals surface area contributed by atoms with E-state index in [2.05, 4.69) is 36.6 Å². The molecule has 4 nitrogen and oxygen atoms in total. The number of sulfonamides is 1. The molecule has 0 heterocycles. The zero-order valence-corrected chi connectivity index (χ0v) is 14.7. The van der Waals surface area contributed by atoms with Crippen LogP contribution in [0, 0.1) is 5.82 Å². The molecule has 0 aliphatic rings. The van der Waals surface area contributed by atoms with E-state index in [0.29, 0.717) is 8.95 Å². The van der Waals surface area contributed by atoms with Gasteiger partial charge in [-0.05, 0) is 52.3 Å². The molecule has 0 atom stereocenters.